The summed E-state index contributed by atoms with van der Waals surface area (Å²) < 4.78 is 6.17. The minimum Gasteiger partial charge on any atom is -0.496 e. The molecule has 0 aliphatic carbocycles. The van der Waals surface area contributed by atoms with Gasteiger partial charge >= 0.3 is 0 Å². The first-order chi connectivity index (χ1) is 8.70. The van der Waals surface area contributed by atoms with Crippen molar-refractivity contribution < 1.29 is 4.74 Å². The normalized spacial score (nSPS) is 12.2. The molecule has 2 aromatic rings. The molecule has 0 spiro atoms. The van der Waals surface area contributed by atoms with Gasteiger partial charge in [-0.1, -0.05) is 36.4 Å². The molecule has 2 rings (SSSR count). The minimum atomic E-state index is 0.0199. The molecule has 0 saturated heterocycles. The Labute approximate surface area is 116 Å². The van der Waals surface area contributed by atoms with E-state index in [9.17, 15) is 0 Å². The number of halogens is 1. The zero-order valence-electron chi connectivity index (χ0n) is 10.3. The van der Waals surface area contributed by atoms with Crippen molar-refractivity contribution in [3.8, 4) is 5.75 Å². The van der Waals surface area contributed by atoms with Gasteiger partial charge in [0.05, 0.1) is 11.6 Å². The van der Waals surface area contributed by atoms with E-state index in [-0.39, 0.29) is 6.04 Å². The number of ether oxygens (including phenoxy) is 1. The van der Waals surface area contributed by atoms with Crippen molar-refractivity contribution in [1.82, 2.24) is 0 Å². The van der Waals surface area contributed by atoms with Gasteiger partial charge in [0.25, 0.3) is 0 Å². The summed E-state index contributed by atoms with van der Waals surface area (Å²) in [6, 6.07) is 16.2. The molecule has 0 heterocycles. The van der Waals surface area contributed by atoms with E-state index in [0.29, 0.717) is 0 Å². The number of benzene rings is 2. The Hall–Kier alpha value is -1.32. The molecule has 0 aliphatic rings. The fourth-order valence-corrected chi connectivity index (χ4v) is 2.50. The minimum absolute atomic E-state index is 0.0199. The molecule has 2 aromatic carbocycles. The van der Waals surface area contributed by atoms with Gasteiger partial charge in [0.1, 0.15) is 5.75 Å². The zero-order chi connectivity index (χ0) is 13.0. The third-order valence-electron chi connectivity index (χ3n) is 2.90. The van der Waals surface area contributed by atoms with Crippen LogP contribution in [0.3, 0.4) is 0 Å². The lowest BCUT2D eigenvalue weighted by atomic mass is 10.00. The molecule has 3 heteroatoms. The first-order valence-electron chi connectivity index (χ1n) is 5.83. The molecule has 0 bridgehead atoms. The fourth-order valence-electron chi connectivity index (χ4n) is 1.91. The molecule has 0 aromatic heterocycles. The topological polar surface area (TPSA) is 35.2 Å². The molecule has 1 atom stereocenters. The van der Waals surface area contributed by atoms with Crippen molar-refractivity contribution in [3.05, 3.63) is 64.1 Å². The van der Waals surface area contributed by atoms with Crippen LogP contribution in [-0.2, 0) is 6.42 Å². The summed E-state index contributed by atoms with van der Waals surface area (Å²) in [4.78, 5) is 0. The average molecular weight is 306 g/mol. The van der Waals surface area contributed by atoms with E-state index in [2.05, 4.69) is 34.1 Å². The van der Waals surface area contributed by atoms with Gasteiger partial charge in [-0.25, -0.2) is 0 Å². The SMILES string of the molecule is COc1ccc(CC(N)c2ccccc2)cc1Br. The van der Waals surface area contributed by atoms with Crippen LogP contribution in [0.5, 0.6) is 5.75 Å². The van der Waals surface area contributed by atoms with Crippen LogP contribution >= 0.6 is 15.9 Å². The first-order valence-corrected chi connectivity index (χ1v) is 6.63. The van der Waals surface area contributed by atoms with E-state index in [1.54, 1.807) is 7.11 Å². The van der Waals surface area contributed by atoms with E-state index in [0.717, 1.165) is 22.2 Å². The molecular formula is C15H16BrNO. The summed E-state index contributed by atoms with van der Waals surface area (Å²) in [6.45, 7) is 0. The summed E-state index contributed by atoms with van der Waals surface area (Å²) >= 11 is 3.49. The van der Waals surface area contributed by atoms with Gasteiger partial charge < -0.3 is 10.5 Å². The third kappa shape index (κ3) is 3.12. The molecule has 1 unspecified atom stereocenters. The number of rotatable bonds is 4. The fraction of sp³-hybridized carbons (Fsp3) is 0.200. The second kappa shape index (κ2) is 6.03. The molecule has 18 heavy (non-hydrogen) atoms. The van der Waals surface area contributed by atoms with Crippen LogP contribution in [0.4, 0.5) is 0 Å². The van der Waals surface area contributed by atoms with Crippen molar-refractivity contribution in [2.75, 3.05) is 7.11 Å². The molecule has 0 fully saturated rings. The number of hydrogen-bond donors (Lipinski definition) is 1. The number of nitrogens with two attached hydrogens (primary N) is 1. The Morgan fingerprint density at radius 2 is 1.89 bits per heavy atom. The smallest absolute Gasteiger partial charge is 0.133 e. The number of methoxy groups -OCH3 is 1. The van der Waals surface area contributed by atoms with Crippen LogP contribution in [0.1, 0.15) is 17.2 Å². The Bertz CT molecular complexity index is 513. The second-order valence-electron chi connectivity index (χ2n) is 4.19. The van der Waals surface area contributed by atoms with E-state index in [1.165, 1.54) is 5.56 Å². The van der Waals surface area contributed by atoms with Crippen molar-refractivity contribution in [2.24, 2.45) is 5.73 Å². The van der Waals surface area contributed by atoms with Crippen LogP contribution in [0, 0.1) is 0 Å². The first kappa shape index (κ1) is 13.1. The summed E-state index contributed by atoms with van der Waals surface area (Å²) in [7, 11) is 1.66. The molecule has 0 amide bonds. The van der Waals surface area contributed by atoms with E-state index >= 15 is 0 Å². The lowest BCUT2D eigenvalue weighted by Crippen LogP contribution is -2.13. The second-order valence-corrected chi connectivity index (χ2v) is 5.04. The molecule has 0 radical (unpaired) electrons. The maximum atomic E-state index is 6.20. The lowest BCUT2D eigenvalue weighted by molar-refractivity contribution is 0.412. The Morgan fingerprint density at radius 3 is 2.50 bits per heavy atom. The van der Waals surface area contributed by atoms with E-state index in [4.69, 9.17) is 10.5 Å². The average Bonchev–Trinajstić information content (AvgIpc) is 2.40. The Morgan fingerprint density at radius 1 is 1.17 bits per heavy atom. The summed E-state index contributed by atoms with van der Waals surface area (Å²) in [5, 5.41) is 0. The van der Waals surface area contributed by atoms with Gasteiger partial charge in [-0.3, -0.25) is 0 Å². The van der Waals surface area contributed by atoms with Crippen molar-refractivity contribution in [2.45, 2.75) is 12.5 Å². The van der Waals surface area contributed by atoms with Crippen molar-refractivity contribution >= 4 is 15.9 Å². The molecule has 2 N–H and O–H groups in total. The molecule has 2 nitrogen and oxygen atoms in total. The van der Waals surface area contributed by atoms with Crippen LogP contribution < -0.4 is 10.5 Å². The van der Waals surface area contributed by atoms with Gasteiger partial charge in [-0.05, 0) is 45.6 Å². The monoisotopic (exact) mass is 305 g/mol. The van der Waals surface area contributed by atoms with Crippen molar-refractivity contribution in [3.63, 3.8) is 0 Å². The largest absolute Gasteiger partial charge is 0.496 e. The molecule has 0 saturated carbocycles. The lowest BCUT2D eigenvalue weighted by Gasteiger charge is -2.13. The highest BCUT2D eigenvalue weighted by Gasteiger charge is 2.08. The summed E-state index contributed by atoms with van der Waals surface area (Å²) in [5.74, 6) is 0.840. The highest BCUT2D eigenvalue weighted by Crippen LogP contribution is 2.27. The van der Waals surface area contributed by atoms with Crippen molar-refractivity contribution in [1.29, 1.82) is 0 Å². The van der Waals surface area contributed by atoms with Gasteiger partial charge in [-0.15, -0.1) is 0 Å². The third-order valence-corrected chi connectivity index (χ3v) is 3.52. The van der Waals surface area contributed by atoms with Gasteiger partial charge in [0, 0.05) is 6.04 Å². The van der Waals surface area contributed by atoms with Gasteiger partial charge in [0.2, 0.25) is 0 Å². The quantitative estimate of drug-likeness (QED) is 0.935. The molecule has 0 aliphatic heterocycles. The zero-order valence-corrected chi connectivity index (χ0v) is 11.9. The van der Waals surface area contributed by atoms with Crippen LogP contribution in [0.25, 0.3) is 0 Å². The molecular weight excluding hydrogens is 290 g/mol. The maximum absolute atomic E-state index is 6.20. The maximum Gasteiger partial charge on any atom is 0.133 e. The highest BCUT2D eigenvalue weighted by atomic mass is 79.9. The standard InChI is InChI=1S/C15H16BrNO/c1-18-15-8-7-11(9-13(15)16)10-14(17)12-5-3-2-4-6-12/h2-9,14H,10,17H2,1H3. The van der Waals surface area contributed by atoms with E-state index < -0.39 is 0 Å². The van der Waals surface area contributed by atoms with Gasteiger partial charge in [-0.2, -0.15) is 0 Å². The highest BCUT2D eigenvalue weighted by molar-refractivity contribution is 9.10. The summed E-state index contributed by atoms with van der Waals surface area (Å²) in [5.41, 5.74) is 8.55. The Balaban J connectivity index is 2.12. The Kier molecular flexibility index (Phi) is 4.39. The van der Waals surface area contributed by atoms with Crippen LogP contribution in [-0.4, -0.2) is 7.11 Å². The number of hydrogen-bond acceptors (Lipinski definition) is 2. The van der Waals surface area contributed by atoms with Crippen LogP contribution in [0.15, 0.2) is 53.0 Å². The summed E-state index contributed by atoms with van der Waals surface area (Å²) in [6.07, 6.45) is 0.812. The van der Waals surface area contributed by atoms with E-state index in [1.807, 2.05) is 30.3 Å². The van der Waals surface area contributed by atoms with Gasteiger partial charge in [0.15, 0.2) is 0 Å². The molecule has 94 valence electrons. The van der Waals surface area contributed by atoms with Crippen LogP contribution in [0.2, 0.25) is 0 Å². The predicted octanol–water partition coefficient (Wildman–Crippen LogP) is 3.70. The predicted molar refractivity (Wildman–Crippen MR) is 77.8 cm³/mol.